The van der Waals surface area contributed by atoms with Gasteiger partial charge in [0.05, 0.1) is 11.1 Å². The molecule has 1 saturated heterocycles. The zero-order valence-electron chi connectivity index (χ0n) is 12.1. The summed E-state index contributed by atoms with van der Waals surface area (Å²) in [6, 6.07) is 8.98. The maximum Gasteiger partial charge on any atom is 0.327 e. The Balaban J connectivity index is 2.05. The number of benzene rings is 1. The number of rotatable bonds is 5. The number of amides is 1. The summed E-state index contributed by atoms with van der Waals surface area (Å²) in [4.78, 5) is 26.4. The Hall–Kier alpha value is -1.14. The fraction of sp³-hybridized carbons (Fsp3) is 0.467. The molecule has 114 valence electrons. The van der Waals surface area contributed by atoms with Crippen molar-refractivity contribution in [2.75, 3.05) is 11.5 Å². The van der Waals surface area contributed by atoms with E-state index in [2.05, 4.69) is 0 Å². The lowest BCUT2D eigenvalue weighted by Gasteiger charge is -2.29. The Morgan fingerprint density at radius 3 is 2.62 bits per heavy atom. The van der Waals surface area contributed by atoms with Crippen molar-refractivity contribution >= 4 is 35.4 Å². The second-order valence-electron chi connectivity index (χ2n) is 5.22. The van der Waals surface area contributed by atoms with E-state index in [1.165, 1.54) is 11.8 Å². The first kappa shape index (κ1) is 16.2. The zero-order valence-corrected chi connectivity index (χ0v) is 13.7. The normalized spacial score (nSPS) is 21.8. The van der Waals surface area contributed by atoms with E-state index < -0.39 is 12.0 Å². The Morgan fingerprint density at radius 2 is 2.05 bits per heavy atom. The largest absolute Gasteiger partial charge is 0.480 e. The van der Waals surface area contributed by atoms with Gasteiger partial charge in [-0.1, -0.05) is 32.0 Å². The second-order valence-corrected chi connectivity index (χ2v) is 7.42. The Bertz CT molecular complexity index is 507. The van der Waals surface area contributed by atoms with E-state index in [1.807, 2.05) is 44.2 Å². The van der Waals surface area contributed by atoms with Gasteiger partial charge in [-0.25, -0.2) is 4.79 Å². The number of hydrogen-bond acceptors (Lipinski definition) is 4. The van der Waals surface area contributed by atoms with Crippen molar-refractivity contribution in [3.05, 3.63) is 30.3 Å². The fourth-order valence-corrected chi connectivity index (χ4v) is 4.57. The zero-order chi connectivity index (χ0) is 15.4. The van der Waals surface area contributed by atoms with Gasteiger partial charge in [-0.15, -0.1) is 23.5 Å². The van der Waals surface area contributed by atoms with Crippen molar-refractivity contribution in [2.24, 2.45) is 5.92 Å². The van der Waals surface area contributed by atoms with E-state index in [0.29, 0.717) is 5.75 Å². The van der Waals surface area contributed by atoms with Crippen LogP contribution in [-0.2, 0) is 9.59 Å². The van der Waals surface area contributed by atoms with Gasteiger partial charge < -0.3 is 10.0 Å². The lowest BCUT2D eigenvalue weighted by molar-refractivity contribution is -0.148. The molecule has 1 aliphatic rings. The van der Waals surface area contributed by atoms with E-state index in [-0.39, 0.29) is 23.0 Å². The van der Waals surface area contributed by atoms with Crippen molar-refractivity contribution in [2.45, 2.75) is 30.2 Å². The van der Waals surface area contributed by atoms with E-state index in [9.17, 15) is 14.7 Å². The summed E-state index contributed by atoms with van der Waals surface area (Å²) < 4.78 is 0. The minimum atomic E-state index is -0.913. The molecule has 4 nitrogen and oxygen atoms in total. The highest BCUT2D eigenvalue weighted by molar-refractivity contribution is 8.00. The van der Waals surface area contributed by atoms with Crippen molar-refractivity contribution in [3.63, 3.8) is 0 Å². The SMILES string of the molecule is CC(C)C1SCC(C(=O)O)N1C(=O)CSc1ccccc1. The van der Waals surface area contributed by atoms with Crippen LogP contribution < -0.4 is 0 Å². The molecule has 1 aromatic rings. The molecule has 0 aromatic heterocycles. The molecule has 21 heavy (non-hydrogen) atoms. The summed E-state index contributed by atoms with van der Waals surface area (Å²) in [6.07, 6.45) is 0. The number of hydrogen-bond donors (Lipinski definition) is 1. The van der Waals surface area contributed by atoms with Crippen LogP contribution in [0.15, 0.2) is 35.2 Å². The summed E-state index contributed by atoms with van der Waals surface area (Å²) in [5.74, 6) is -0.0222. The predicted molar refractivity (Wildman–Crippen MR) is 86.5 cm³/mol. The molecule has 0 saturated carbocycles. The van der Waals surface area contributed by atoms with Gasteiger partial charge in [-0.2, -0.15) is 0 Å². The molecule has 0 radical (unpaired) electrons. The minimum absolute atomic E-state index is 0.0463. The quantitative estimate of drug-likeness (QED) is 0.844. The number of carbonyl (C=O) groups excluding carboxylic acids is 1. The van der Waals surface area contributed by atoms with Gasteiger partial charge in [0.25, 0.3) is 0 Å². The molecule has 1 heterocycles. The van der Waals surface area contributed by atoms with Crippen molar-refractivity contribution in [3.8, 4) is 0 Å². The van der Waals surface area contributed by atoms with E-state index in [1.54, 1.807) is 16.7 Å². The molecular weight excluding hydrogens is 306 g/mol. The van der Waals surface area contributed by atoms with Crippen LogP contribution in [0, 0.1) is 5.92 Å². The first-order chi connectivity index (χ1) is 10.0. The molecule has 1 fully saturated rings. The highest BCUT2D eigenvalue weighted by Gasteiger charge is 2.42. The van der Waals surface area contributed by atoms with E-state index >= 15 is 0 Å². The predicted octanol–water partition coefficient (Wildman–Crippen LogP) is 2.79. The summed E-state index contributed by atoms with van der Waals surface area (Å²) in [6.45, 7) is 4.04. The Kier molecular flexibility index (Phi) is 5.58. The molecule has 0 aliphatic carbocycles. The third-order valence-corrected chi connectivity index (χ3v) is 5.90. The van der Waals surface area contributed by atoms with Crippen molar-refractivity contribution in [1.82, 2.24) is 4.90 Å². The van der Waals surface area contributed by atoms with Crippen LogP contribution in [0.4, 0.5) is 0 Å². The first-order valence-corrected chi connectivity index (χ1v) is 8.87. The number of carbonyl (C=O) groups is 2. The van der Waals surface area contributed by atoms with Crippen LogP contribution in [0.2, 0.25) is 0 Å². The molecule has 2 unspecified atom stereocenters. The molecule has 1 N–H and O–H groups in total. The van der Waals surface area contributed by atoms with Gasteiger partial charge in [0.1, 0.15) is 6.04 Å². The number of carboxylic acid groups (broad SMARTS) is 1. The number of nitrogens with zero attached hydrogens (tertiary/aromatic N) is 1. The average Bonchev–Trinajstić information content (AvgIpc) is 2.91. The maximum atomic E-state index is 12.5. The number of thioether (sulfide) groups is 2. The van der Waals surface area contributed by atoms with Gasteiger partial charge in [-0.05, 0) is 18.1 Å². The second kappa shape index (κ2) is 7.22. The van der Waals surface area contributed by atoms with Gasteiger partial charge in [0, 0.05) is 10.6 Å². The topological polar surface area (TPSA) is 57.6 Å². The lowest BCUT2D eigenvalue weighted by atomic mass is 10.1. The standard InChI is InChI=1S/C15H19NO3S2/c1-10(2)14-16(12(8-21-14)15(18)19)13(17)9-20-11-6-4-3-5-7-11/h3-7,10,12,14H,8-9H2,1-2H3,(H,18,19). The first-order valence-electron chi connectivity index (χ1n) is 6.84. The average molecular weight is 325 g/mol. The van der Waals surface area contributed by atoms with Crippen molar-refractivity contribution < 1.29 is 14.7 Å². The van der Waals surface area contributed by atoms with Gasteiger partial charge >= 0.3 is 5.97 Å². The summed E-state index contributed by atoms with van der Waals surface area (Å²) in [5, 5.41) is 9.26. The van der Waals surface area contributed by atoms with Gasteiger partial charge in [0.2, 0.25) is 5.91 Å². The molecule has 1 aromatic carbocycles. The highest BCUT2D eigenvalue weighted by atomic mass is 32.2. The van der Waals surface area contributed by atoms with E-state index in [0.717, 1.165) is 4.90 Å². The van der Waals surface area contributed by atoms with Crippen LogP contribution in [0.1, 0.15) is 13.8 Å². The maximum absolute atomic E-state index is 12.5. The fourth-order valence-electron chi connectivity index (χ4n) is 2.28. The van der Waals surface area contributed by atoms with Crippen molar-refractivity contribution in [1.29, 1.82) is 0 Å². The molecule has 6 heteroatoms. The summed E-state index contributed by atoms with van der Waals surface area (Å²) in [5.41, 5.74) is 0. The van der Waals surface area contributed by atoms with Gasteiger partial charge in [-0.3, -0.25) is 4.79 Å². The molecule has 2 atom stereocenters. The molecule has 1 amide bonds. The molecule has 1 aliphatic heterocycles. The Labute approximate surface area is 133 Å². The summed E-state index contributed by atoms with van der Waals surface area (Å²) in [7, 11) is 0. The minimum Gasteiger partial charge on any atom is -0.480 e. The number of carboxylic acids is 1. The molecule has 2 rings (SSSR count). The van der Waals surface area contributed by atoms with Crippen LogP contribution in [0.5, 0.6) is 0 Å². The highest BCUT2D eigenvalue weighted by Crippen LogP contribution is 2.35. The third kappa shape index (κ3) is 3.95. The Morgan fingerprint density at radius 1 is 1.38 bits per heavy atom. The van der Waals surface area contributed by atoms with Gasteiger partial charge in [0.15, 0.2) is 0 Å². The van der Waals surface area contributed by atoms with E-state index in [4.69, 9.17) is 0 Å². The lowest BCUT2D eigenvalue weighted by Crippen LogP contribution is -2.47. The molecule has 0 spiro atoms. The monoisotopic (exact) mass is 325 g/mol. The third-order valence-electron chi connectivity index (χ3n) is 3.28. The molecule has 0 bridgehead atoms. The number of aliphatic carboxylic acids is 1. The van der Waals surface area contributed by atoms with Crippen LogP contribution in [0.3, 0.4) is 0 Å². The molecular formula is C15H19NO3S2. The van der Waals surface area contributed by atoms with Crippen LogP contribution >= 0.6 is 23.5 Å². The summed E-state index contributed by atoms with van der Waals surface area (Å²) >= 11 is 3.01. The smallest absolute Gasteiger partial charge is 0.327 e. The van der Waals surface area contributed by atoms with Crippen LogP contribution in [0.25, 0.3) is 0 Å². The van der Waals surface area contributed by atoms with Crippen LogP contribution in [-0.4, -0.2) is 44.8 Å².